The van der Waals surface area contributed by atoms with Gasteiger partial charge in [0, 0.05) is 18.7 Å². The highest BCUT2D eigenvalue weighted by Gasteiger charge is 2.27. The first-order valence-corrected chi connectivity index (χ1v) is 5.14. The van der Waals surface area contributed by atoms with Crippen LogP contribution in [0.3, 0.4) is 0 Å². The summed E-state index contributed by atoms with van der Waals surface area (Å²) in [5, 5.41) is 9.43. The van der Waals surface area contributed by atoms with Gasteiger partial charge in [0.2, 0.25) is 5.88 Å². The van der Waals surface area contributed by atoms with Crippen LogP contribution >= 0.6 is 0 Å². The van der Waals surface area contributed by atoms with Crippen LogP contribution in [0.1, 0.15) is 18.4 Å². The van der Waals surface area contributed by atoms with Crippen molar-refractivity contribution in [2.45, 2.75) is 31.5 Å². The van der Waals surface area contributed by atoms with Gasteiger partial charge in [-0.2, -0.15) is 13.2 Å². The number of methoxy groups -OCH3 is 1. The molecule has 0 radical (unpaired) electrons. The van der Waals surface area contributed by atoms with Crippen molar-refractivity contribution in [1.82, 2.24) is 4.98 Å². The Bertz CT molecular complexity index is 338. The van der Waals surface area contributed by atoms with Crippen LogP contribution in [0.2, 0.25) is 0 Å². The molecule has 0 spiro atoms. The number of aliphatic hydroxyl groups excluding tert-OH is 1. The number of aromatic nitrogens is 1. The molecule has 1 unspecified atom stereocenters. The number of halogens is 3. The van der Waals surface area contributed by atoms with Crippen LogP contribution in [0.15, 0.2) is 18.3 Å². The maximum Gasteiger partial charge on any atom is 0.389 e. The largest absolute Gasteiger partial charge is 0.481 e. The van der Waals surface area contributed by atoms with Gasteiger partial charge in [0.05, 0.1) is 13.2 Å². The topological polar surface area (TPSA) is 42.4 Å². The molecule has 0 saturated carbocycles. The molecule has 1 aromatic heterocycles. The first-order chi connectivity index (χ1) is 7.90. The van der Waals surface area contributed by atoms with Crippen molar-refractivity contribution >= 4 is 0 Å². The minimum atomic E-state index is -4.22. The van der Waals surface area contributed by atoms with Crippen LogP contribution in [-0.4, -0.2) is 29.5 Å². The van der Waals surface area contributed by atoms with E-state index in [0.717, 1.165) is 0 Å². The number of hydrogen-bond donors (Lipinski definition) is 1. The maximum atomic E-state index is 11.9. The Labute approximate surface area is 97.2 Å². The van der Waals surface area contributed by atoms with Gasteiger partial charge in [-0.25, -0.2) is 4.98 Å². The molecule has 0 aliphatic rings. The second-order valence-electron chi connectivity index (χ2n) is 3.72. The monoisotopic (exact) mass is 249 g/mol. The molecule has 96 valence electrons. The lowest BCUT2D eigenvalue weighted by Crippen LogP contribution is -2.16. The molecule has 0 aliphatic heterocycles. The molecule has 0 fully saturated rings. The minimum Gasteiger partial charge on any atom is -0.481 e. The van der Waals surface area contributed by atoms with Crippen molar-refractivity contribution < 1.29 is 23.0 Å². The van der Waals surface area contributed by atoms with Crippen LogP contribution in [0.5, 0.6) is 5.88 Å². The van der Waals surface area contributed by atoms with Gasteiger partial charge in [0.1, 0.15) is 0 Å². The van der Waals surface area contributed by atoms with Crippen molar-refractivity contribution in [2.75, 3.05) is 7.11 Å². The Hall–Kier alpha value is -1.30. The number of aliphatic hydroxyl groups is 1. The molecule has 3 nitrogen and oxygen atoms in total. The summed E-state index contributed by atoms with van der Waals surface area (Å²) >= 11 is 0. The van der Waals surface area contributed by atoms with Gasteiger partial charge in [-0.05, 0) is 18.4 Å². The Morgan fingerprint density at radius 1 is 1.41 bits per heavy atom. The Kier molecular flexibility index (Phi) is 4.74. The van der Waals surface area contributed by atoms with Crippen LogP contribution in [0.4, 0.5) is 13.2 Å². The molecular formula is C11H14F3NO2. The van der Waals surface area contributed by atoms with Crippen LogP contribution in [0.25, 0.3) is 0 Å². The average Bonchev–Trinajstić information content (AvgIpc) is 2.27. The fourth-order valence-corrected chi connectivity index (χ4v) is 1.36. The Balaban J connectivity index is 2.42. The summed E-state index contributed by atoms with van der Waals surface area (Å²) in [5.74, 6) is 0.429. The molecule has 1 atom stereocenters. The fraction of sp³-hybridized carbons (Fsp3) is 0.545. The van der Waals surface area contributed by atoms with Crippen LogP contribution in [0, 0.1) is 0 Å². The van der Waals surface area contributed by atoms with Crippen LogP contribution < -0.4 is 4.74 Å². The molecule has 0 bridgehead atoms. The molecule has 1 N–H and O–H groups in total. The molecule has 6 heteroatoms. The van der Waals surface area contributed by atoms with E-state index in [1.54, 1.807) is 12.1 Å². The predicted octanol–water partition coefficient (Wildman–Crippen LogP) is 2.34. The van der Waals surface area contributed by atoms with Crippen molar-refractivity contribution in [2.24, 2.45) is 0 Å². The molecule has 0 aromatic carbocycles. The smallest absolute Gasteiger partial charge is 0.389 e. The lowest BCUT2D eigenvalue weighted by molar-refractivity contribution is -0.139. The van der Waals surface area contributed by atoms with E-state index in [0.29, 0.717) is 11.4 Å². The zero-order valence-corrected chi connectivity index (χ0v) is 9.37. The molecule has 17 heavy (non-hydrogen) atoms. The van der Waals surface area contributed by atoms with Crippen molar-refractivity contribution in [3.8, 4) is 5.88 Å². The molecule has 1 rings (SSSR count). The zero-order valence-electron chi connectivity index (χ0n) is 9.37. The third-order valence-corrected chi connectivity index (χ3v) is 2.24. The van der Waals surface area contributed by atoms with Gasteiger partial charge in [-0.3, -0.25) is 0 Å². The highest BCUT2D eigenvalue weighted by Crippen LogP contribution is 2.23. The summed E-state index contributed by atoms with van der Waals surface area (Å²) in [6.07, 6.45) is -4.86. The number of ether oxygens (including phenoxy) is 1. The van der Waals surface area contributed by atoms with Gasteiger partial charge in [0.15, 0.2) is 0 Å². The zero-order chi connectivity index (χ0) is 12.9. The summed E-state index contributed by atoms with van der Waals surface area (Å²) in [4.78, 5) is 3.90. The summed E-state index contributed by atoms with van der Waals surface area (Å²) < 4.78 is 40.6. The first kappa shape index (κ1) is 13.8. The number of hydrogen-bond acceptors (Lipinski definition) is 3. The van der Waals surface area contributed by atoms with E-state index in [4.69, 9.17) is 4.74 Å². The summed E-state index contributed by atoms with van der Waals surface area (Å²) in [6.45, 7) is 0. The van der Waals surface area contributed by atoms with Crippen molar-refractivity contribution in [3.63, 3.8) is 0 Å². The quantitative estimate of drug-likeness (QED) is 0.870. The second-order valence-corrected chi connectivity index (χ2v) is 3.72. The number of nitrogens with zero attached hydrogens (tertiary/aromatic N) is 1. The SMILES string of the molecule is COc1ccc(CC(O)CCC(F)(F)F)cn1. The van der Waals surface area contributed by atoms with Crippen molar-refractivity contribution in [1.29, 1.82) is 0 Å². The molecule has 1 heterocycles. The molecular weight excluding hydrogens is 235 g/mol. The van der Waals surface area contributed by atoms with Crippen LogP contribution in [-0.2, 0) is 6.42 Å². The van der Waals surface area contributed by atoms with Gasteiger partial charge < -0.3 is 9.84 Å². The number of pyridine rings is 1. The number of rotatable bonds is 5. The standard InChI is InChI=1S/C11H14F3NO2/c1-17-10-3-2-8(7-15-10)6-9(16)4-5-11(12,13)14/h2-3,7,9,16H,4-6H2,1H3. The third-order valence-electron chi connectivity index (χ3n) is 2.24. The lowest BCUT2D eigenvalue weighted by atomic mass is 10.1. The second kappa shape index (κ2) is 5.86. The van der Waals surface area contributed by atoms with Gasteiger partial charge in [0.25, 0.3) is 0 Å². The summed E-state index contributed by atoms with van der Waals surface area (Å²) in [7, 11) is 1.47. The molecule has 0 saturated heterocycles. The van der Waals surface area contributed by atoms with Gasteiger partial charge >= 0.3 is 6.18 Å². The van der Waals surface area contributed by atoms with Gasteiger partial charge in [-0.1, -0.05) is 6.07 Å². The van der Waals surface area contributed by atoms with E-state index in [1.165, 1.54) is 13.3 Å². The van der Waals surface area contributed by atoms with E-state index >= 15 is 0 Å². The number of alkyl halides is 3. The normalized spacial score (nSPS) is 13.5. The van der Waals surface area contributed by atoms with E-state index in [2.05, 4.69) is 4.98 Å². The first-order valence-electron chi connectivity index (χ1n) is 5.14. The lowest BCUT2D eigenvalue weighted by Gasteiger charge is -2.12. The molecule has 1 aromatic rings. The highest BCUT2D eigenvalue weighted by molar-refractivity contribution is 5.18. The van der Waals surface area contributed by atoms with Gasteiger partial charge in [-0.15, -0.1) is 0 Å². The third kappa shape index (κ3) is 5.53. The average molecular weight is 249 g/mol. The van der Waals surface area contributed by atoms with E-state index < -0.39 is 18.7 Å². The van der Waals surface area contributed by atoms with E-state index in [-0.39, 0.29) is 12.8 Å². The summed E-state index contributed by atoms with van der Waals surface area (Å²) in [6, 6.07) is 3.27. The van der Waals surface area contributed by atoms with E-state index in [1.807, 2.05) is 0 Å². The fourth-order valence-electron chi connectivity index (χ4n) is 1.36. The maximum absolute atomic E-state index is 11.9. The molecule has 0 aliphatic carbocycles. The summed E-state index contributed by atoms with van der Waals surface area (Å²) in [5.41, 5.74) is 0.681. The van der Waals surface area contributed by atoms with E-state index in [9.17, 15) is 18.3 Å². The predicted molar refractivity (Wildman–Crippen MR) is 55.8 cm³/mol. The Morgan fingerprint density at radius 3 is 2.59 bits per heavy atom. The highest BCUT2D eigenvalue weighted by atomic mass is 19.4. The molecule has 0 amide bonds. The minimum absolute atomic E-state index is 0.160. The Morgan fingerprint density at radius 2 is 2.12 bits per heavy atom. The van der Waals surface area contributed by atoms with Crippen molar-refractivity contribution in [3.05, 3.63) is 23.9 Å².